The van der Waals surface area contributed by atoms with Gasteiger partial charge in [-0.1, -0.05) is 19.9 Å². The number of aliphatic hydroxyl groups excluding tert-OH is 1. The van der Waals surface area contributed by atoms with Gasteiger partial charge in [0, 0.05) is 13.1 Å². The van der Waals surface area contributed by atoms with E-state index in [1.807, 2.05) is 13.8 Å². The maximum atomic E-state index is 13.7. The summed E-state index contributed by atoms with van der Waals surface area (Å²) in [5.74, 6) is -0.231. The predicted octanol–water partition coefficient (Wildman–Crippen LogP) is 2.82. The first-order valence-electron chi connectivity index (χ1n) is 7.84. The molecule has 23 heavy (non-hydrogen) atoms. The molecule has 6 heteroatoms. The van der Waals surface area contributed by atoms with E-state index >= 15 is 0 Å². The third-order valence-electron chi connectivity index (χ3n) is 3.32. The van der Waals surface area contributed by atoms with Crippen LogP contribution in [0.2, 0.25) is 0 Å². The van der Waals surface area contributed by atoms with E-state index in [2.05, 4.69) is 10.6 Å². The fraction of sp³-hybridized carbons (Fsp3) is 0.588. The molecule has 2 amide bonds. The number of carbonyl (C=O) groups excluding carboxylic acids is 1. The topological polar surface area (TPSA) is 70.6 Å². The number of rotatable bonds is 8. The normalized spacial score (nSPS) is 12.6. The van der Waals surface area contributed by atoms with E-state index < -0.39 is 11.9 Å². The van der Waals surface area contributed by atoms with Gasteiger partial charge in [0.1, 0.15) is 0 Å². The molecule has 130 valence electrons. The molecule has 0 heterocycles. The number of halogens is 1. The molecule has 0 bridgehead atoms. The zero-order valence-electron chi connectivity index (χ0n) is 14.3. The summed E-state index contributed by atoms with van der Waals surface area (Å²) in [4.78, 5) is 11.8. The lowest BCUT2D eigenvalue weighted by molar-refractivity contribution is 0.129. The average Bonchev–Trinajstić information content (AvgIpc) is 2.44. The van der Waals surface area contributed by atoms with Crippen LogP contribution in [0.1, 0.15) is 39.7 Å². The molecule has 5 nitrogen and oxygen atoms in total. The lowest BCUT2D eigenvalue weighted by atomic mass is 9.87. The van der Waals surface area contributed by atoms with Gasteiger partial charge in [-0.3, -0.25) is 0 Å². The largest absolute Gasteiger partial charge is 0.491 e. The number of aliphatic hydroxyl groups is 1. The molecule has 0 fully saturated rings. The monoisotopic (exact) mass is 326 g/mol. The molecule has 0 aliphatic rings. The summed E-state index contributed by atoms with van der Waals surface area (Å²) in [6.07, 6.45) is 0.180. The minimum absolute atomic E-state index is 0.198. The summed E-state index contributed by atoms with van der Waals surface area (Å²) in [7, 11) is 0. The van der Waals surface area contributed by atoms with Gasteiger partial charge < -0.3 is 20.5 Å². The Hall–Kier alpha value is -1.82. The molecular formula is C17H27FN2O3. The van der Waals surface area contributed by atoms with Crippen molar-refractivity contribution in [2.45, 2.75) is 46.8 Å². The van der Waals surface area contributed by atoms with Gasteiger partial charge in [-0.2, -0.15) is 0 Å². The minimum atomic E-state index is -0.440. The van der Waals surface area contributed by atoms with E-state index in [4.69, 9.17) is 4.74 Å². The number of hydrogen-bond donors (Lipinski definition) is 3. The van der Waals surface area contributed by atoms with Crippen molar-refractivity contribution in [2.75, 3.05) is 13.2 Å². The lowest BCUT2D eigenvalue weighted by Crippen LogP contribution is -2.41. The van der Waals surface area contributed by atoms with E-state index in [1.54, 1.807) is 26.0 Å². The second-order valence-electron chi connectivity index (χ2n) is 6.45. The zero-order valence-corrected chi connectivity index (χ0v) is 14.3. The Morgan fingerprint density at radius 1 is 1.39 bits per heavy atom. The molecule has 1 atom stereocenters. The van der Waals surface area contributed by atoms with Crippen LogP contribution in [0.5, 0.6) is 5.75 Å². The van der Waals surface area contributed by atoms with Crippen LogP contribution < -0.4 is 15.4 Å². The zero-order chi connectivity index (χ0) is 17.5. The molecular weight excluding hydrogens is 299 g/mol. The van der Waals surface area contributed by atoms with Crippen molar-refractivity contribution in [3.05, 3.63) is 29.6 Å². The van der Waals surface area contributed by atoms with Gasteiger partial charge in [0.2, 0.25) is 0 Å². The number of hydrogen-bond acceptors (Lipinski definition) is 3. The second kappa shape index (κ2) is 8.72. The fourth-order valence-electron chi connectivity index (χ4n) is 2.36. The third kappa shape index (κ3) is 7.32. The maximum Gasteiger partial charge on any atom is 0.315 e. The van der Waals surface area contributed by atoms with Crippen molar-refractivity contribution in [3.8, 4) is 5.75 Å². The van der Waals surface area contributed by atoms with Gasteiger partial charge in [-0.25, -0.2) is 9.18 Å². The summed E-state index contributed by atoms with van der Waals surface area (Å²) in [6, 6.07) is 4.30. The Bertz CT molecular complexity index is 519. The highest BCUT2D eigenvalue weighted by Crippen LogP contribution is 2.21. The summed E-state index contributed by atoms with van der Waals surface area (Å²) in [5, 5.41) is 14.9. The third-order valence-corrected chi connectivity index (χ3v) is 3.32. The van der Waals surface area contributed by atoms with E-state index in [9.17, 15) is 14.3 Å². The molecule has 0 aliphatic carbocycles. The van der Waals surface area contributed by atoms with Crippen LogP contribution in [-0.2, 0) is 6.54 Å². The molecule has 1 aromatic rings. The molecule has 0 saturated heterocycles. The first kappa shape index (κ1) is 19.2. The smallest absolute Gasteiger partial charge is 0.315 e. The molecule has 0 radical (unpaired) electrons. The van der Waals surface area contributed by atoms with Crippen molar-refractivity contribution in [1.29, 1.82) is 0 Å². The number of amides is 2. The number of urea groups is 1. The van der Waals surface area contributed by atoms with Crippen molar-refractivity contribution < 1.29 is 19.0 Å². The Kier molecular flexibility index (Phi) is 7.29. The van der Waals surface area contributed by atoms with Crippen LogP contribution in [0.3, 0.4) is 0 Å². The van der Waals surface area contributed by atoms with E-state index in [0.29, 0.717) is 25.1 Å². The molecule has 0 aromatic heterocycles. The second-order valence-corrected chi connectivity index (χ2v) is 6.45. The molecule has 0 spiro atoms. The summed E-state index contributed by atoms with van der Waals surface area (Å²) in [6.45, 7) is 8.54. The summed E-state index contributed by atoms with van der Waals surface area (Å²) in [5.41, 5.74) is 0.459. The van der Waals surface area contributed by atoms with Crippen LogP contribution in [-0.4, -0.2) is 30.4 Å². The van der Waals surface area contributed by atoms with E-state index in [1.165, 1.54) is 6.07 Å². The average molecular weight is 326 g/mol. The van der Waals surface area contributed by atoms with Gasteiger partial charge in [-0.15, -0.1) is 0 Å². The number of carbonyl (C=O) groups is 1. The van der Waals surface area contributed by atoms with Gasteiger partial charge in [0.15, 0.2) is 11.6 Å². The first-order valence-corrected chi connectivity index (χ1v) is 7.84. The SMILES string of the molecule is CCOc1ccc(CNC(=O)NCC(C)(C)CC(C)O)cc1F. The maximum absolute atomic E-state index is 13.7. The van der Waals surface area contributed by atoms with Gasteiger partial charge in [0.25, 0.3) is 0 Å². The Morgan fingerprint density at radius 3 is 2.65 bits per heavy atom. The van der Waals surface area contributed by atoms with Crippen molar-refractivity contribution >= 4 is 6.03 Å². The highest BCUT2D eigenvalue weighted by Gasteiger charge is 2.21. The summed E-state index contributed by atoms with van der Waals surface area (Å²) < 4.78 is 18.8. The molecule has 0 aliphatic heterocycles. The minimum Gasteiger partial charge on any atom is -0.491 e. The fourth-order valence-corrected chi connectivity index (χ4v) is 2.36. The van der Waals surface area contributed by atoms with Crippen LogP contribution >= 0.6 is 0 Å². The van der Waals surface area contributed by atoms with Crippen LogP contribution in [0.15, 0.2) is 18.2 Å². The van der Waals surface area contributed by atoms with Crippen LogP contribution in [0.4, 0.5) is 9.18 Å². The molecule has 0 saturated carbocycles. The van der Waals surface area contributed by atoms with E-state index in [-0.39, 0.29) is 23.7 Å². The lowest BCUT2D eigenvalue weighted by Gasteiger charge is -2.26. The molecule has 1 rings (SSSR count). The predicted molar refractivity (Wildman–Crippen MR) is 87.9 cm³/mol. The number of nitrogens with one attached hydrogen (secondary N) is 2. The first-order chi connectivity index (χ1) is 10.7. The van der Waals surface area contributed by atoms with Crippen LogP contribution in [0, 0.1) is 11.2 Å². The Balaban J connectivity index is 2.43. The van der Waals surface area contributed by atoms with Gasteiger partial charge >= 0.3 is 6.03 Å². The highest BCUT2D eigenvalue weighted by atomic mass is 19.1. The van der Waals surface area contributed by atoms with Gasteiger partial charge in [0.05, 0.1) is 12.7 Å². The molecule has 1 unspecified atom stereocenters. The number of benzene rings is 1. The van der Waals surface area contributed by atoms with Crippen molar-refractivity contribution in [3.63, 3.8) is 0 Å². The Morgan fingerprint density at radius 2 is 2.09 bits per heavy atom. The quantitative estimate of drug-likeness (QED) is 0.688. The Labute approximate surface area is 137 Å². The van der Waals surface area contributed by atoms with Crippen molar-refractivity contribution in [1.82, 2.24) is 10.6 Å². The molecule has 3 N–H and O–H groups in total. The summed E-state index contributed by atoms with van der Waals surface area (Å²) >= 11 is 0. The number of ether oxygens (including phenoxy) is 1. The van der Waals surface area contributed by atoms with E-state index in [0.717, 1.165) is 0 Å². The van der Waals surface area contributed by atoms with Crippen LogP contribution in [0.25, 0.3) is 0 Å². The molecule has 1 aromatic carbocycles. The van der Waals surface area contributed by atoms with Crippen molar-refractivity contribution in [2.24, 2.45) is 5.41 Å². The standard InChI is InChI=1S/C17H27FN2O3/c1-5-23-15-7-6-13(8-14(15)18)10-19-16(22)20-11-17(3,4)9-12(2)21/h6-8,12,21H,5,9-11H2,1-4H3,(H2,19,20,22). The highest BCUT2D eigenvalue weighted by molar-refractivity contribution is 5.73. The van der Waals surface area contributed by atoms with Gasteiger partial charge in [-0.05, 0) is 43.4 Å².